The minimum Gasteiger partial charge on any atom is -0.379 e. The number of allylic oxidation sites excluding steroid dienone is 3. The molecule has 0 saturated carbocycles. The fourth-order valence-corrected chi connectivity index (χ4v) is 2.03. The predicted molar refractivity (Wildman–Crippen MR) is 72.0 cm³/mol. The van der Waals surface area contributed by atoms with Crippen LogP contribution < -0.4 is 0 Å². The highest BCUT2D eigenvalue weighted by Gasteiger charge is 2.35. The Morgan fingerprint density at radius 3 is 2.89 bits per heavy atom. The minimum atomic E-state index is -0.472. The highest BCUT2D eigenvalue weighted by molar-refractivity contribution is 6.21. The normalized spacial score (nSPS) is 21.9. The molecule has 1 aliphatic heterocycles. The van der Waals surface area contributed by atoms with Gasteiger partial charge in [0.15, 0.2) is 0 Å². The molecule has 1 heterocycles. The molecule has 0 fully saturated rings. The van der Waals surface area contributed by atoms with Crippen LogP contribution in [0.5, 0.6) is 0 Å². The highest BCUT2D eigenvalue weighted by Crippen LogP contribution is 2.19. The Morgan fingerprint density at radius 1 is 1.37 bits per heavy atom. The van der Waals surface area contributed by atoms with Gasteiger partial charge in [-0.25, -0.2) is 4.79 Å². The number of carbonyl (C=O) groups excluding carboxylic acids is 2. The molecule has 0 aromatic carbocycles. The maximum atomic E-state index is 12.2. The Balaban J connectivity index is 1.96. The third-order valence-corrected chi connectivity index (χ3v) is 2.97. The van der Waals surface area contributed by atoms with E-state index in [1.54, 1.807) is 24.3 Å². The summed E-state index contributed by atoms with van der Waals surface area (Å²) in [6, 6.07) is -0.472. The van der Waals surface area contributed by atoms with Crippen LogP contribution in [-0.4, -0.2) is 41.8 Å². The number of ether oxygens (including phenoxy) is 1. The first kappa shape index (κ1) is 13.7. The molecule has 5 heteroatoms. The molecule has 19 heavy (non-hydrogen) atoms. The fourth-order valence-electron chi connectivity index (χ4n) is 2.03. The van der Waals surface area contributed by atoms with Gasteiger partial charge >= 0.3 is 6.03 Å². The molecule has 5 nitrogen and oxygen atoms in total. The van der Waals surface area contributed by atoms with Crippen LogP contribution >= 0.6 is 0 Å². The molecular formula is C14H18N2O3. The van der Waals surface area contributed by atoms with Crippen LogP contribution in [0.2, 0.25) is 0 Å². The number of imide groups is 1. The summed E-state index contributed by atoms with van der Waals surface area (Å²) < 4.78 is 5.40. The lowest BCUT2D eigenvalue weighted by molar-refractivity contribution is -0.129. The van der Waals surface area contributed by atoms with Crippen LogP contribution in [0.1, 0.15) is 20.3 Å². The van der Waals surface area contributed by atoms with Gasteiger partial charge < -0.3 is 4.74 Å². The Bertz CT molecular complexity index is 463. The van der Waals surface area contributed by atoms with Gasteiger partial charge in [-0.1, -0.05) is 18.2 Å². The smallest absolute Gasteiger partial charge is 0.350 e. The molecule has 0 N–H and O–H groups in total. The van der Waals surface area contributed by atoms with Gasteiger partial charge in [-0.3, -0.25) is 9.69 Å². The van der Waals surface area contributed by atoms with Gasteiger partial charge in [0.1, 0.15) is 0 Å². The van der Waals surface area contributed by atoms with Gasteiger partial charge in [0.05, 0.1) is 17.7 Å². The average molecular weight is 262 g/mol. The summed E-state index contributed by atoms with van der Waals surface area (Å²) in [5.74, 6) is -0.603. The molecule has 3 amide bonds. The standard InChI is InChI=1S/C14H18N2O3/c1-10(2)19-9-5-8-16-13(17)11-6-3-4-7-12(11)15-14(16)18/h3-4,6-7,10-11H,5,8-9H2,1-2H3. The molecule has 1 unspecified atom stereocenters. The van der Waals surface area contributed by atoms with Crippen molar-refractivity contribution < 1.29 is 14.3 Å². The lowest BCUT2D eigenvalue weighted by atomic mass is 9.95. The van der Waals surface area contributed by atoms with Gasteiger partial charge in [0.25, 0.3) is 0 Å². The molecule has 0 bridgehead atoms. The lowest BCUT2D eigenvalue weighted by Gasteiger charge is -2.28. The molecular weight excluding hydrogens is 244 g/mol. The lowest BCUT2D eigenvalue weighted by Crippen LogP contribution is -2.46. The third kappa shape index (κ3) is 3.17. The summed E-state index contributed by atoms with van der Waals surface area (Å²) >= 11 is 0. The average Bonchev–Trinajstić information content (AvgIpc) is 2.37. The topological polar surface area (TPSA) is 59.0 Å². The highest BCUT2D eigenvalue weighted by atomic mass is 16.5. The number of hydrogen-bond acceptors (Lipinski definition) is 3. The number of hydrogen-bond donors (Lipinski definition) is 0. The van der Waals surface area contributed by atoms with Gasteiger partial charge in [-0.2, -0.15) is 4.99 Å². The maximum absolute atomic E-state index is 12.2. The van der Waals surface area contributed by atoms with E-state index in [-0.39, 0.29) is 12.0 Å². The molecule has 1 aliphatic carbocycles. The number of fused-ring (bicyclic) bond motifs is 1. The molecule has 0 spiro atoms. The van der Waals surface area contributed by atoms with Gasteiger partial charge in [-0.15, -0.1) is 0 Å². The van der Waals surface area contributed by atoms with Crippen LogP contribution in [0.4, 0.5) is 4.79 Å². The van der Waals surface area contributed by atoms with Crippen LogP contribution in [-0.2, 0) is 9.53 Å². The van der Waals surface area contributed by atoms with E-state index in [4.69, 9.17) is 4.74 Å². The summed E-state index contributed by atoms with van der Waals surface area (Å²) in [6.45, 7) is 4.79. The Morgan fingerprint density at radius 2 is 2.16 bits per heavy atom. The number of amides is 3. The Labute approximate surface area is 112 Å². The fraction of sp³-hybridized carbons (Fsp3) is 0.500. The monoisotopic (exact) mass is 262 g/mol. The zero-order chi connectivity index (χ0) is 13.8. The number of aliphatic imine (C=N–C) groups is 1. The van der Waals surface area contributed by atoms with Crippen LogP contribution in [0, 0.1) is 5.92 Å². The number of urea groups is 1. The first-order chi connectivity index (χ1) is 9.09. The zero-order valence-electron chi connectivity index (χ0n) is 11.2. The largest absolute Gasteiger partial charge is 0.379 e. The van der Waals surface area contributed by atoms with Gasteiger partial charge in [-0.05, 0) is 26.3 Å². The predicted octanol–water partition coefficient (Wildman–Crippen LogP) is 1.95. The summed E-state index contributed by atoms with van der Waals surface area (Å²) in [6.07, 6.45) is 7.85. The van der Waals surface area contributed by atoms with E-state index in [0.717, 1.165) is 0 Å². The second-order valence-corrected chi connectivity index (χ2v) is 4.80. The van der Waals surface area contributed by atoms with Crippen molar-refractivity contribution in [2.24, 2.45) is 10.9 Å². The van der Waals surface area contributed by atoms with Gasteiger partial charge in [0.2, 0.25) is 5.91 Å². The molecule has 1 atom stereocenters. The van der Waals surface area contributed by atoms with Crippen molar-refractivity contribution in [3.8, 4) is 0 Å². The van der Waals surface area contributed by atoms with E-state index in [9.17, 15) is 9.59 Å². The van der Waals surface area contributed by atoms with E-state index < -0.39 is 11.9 Å². The van der Waals surface area contributed by atoms with Crippen molar-refractivity contribution in [3.05, 3.63) is 24.3 Å². The maximum Gasteiger partial charge on any atom is 0.350 e. The summed E-state index contributed by atoms with van der Waals surface area (Å²) in [5.41, 5.74) is 0.534. The summed E-state index contributed by atoms with van der Waals surface area (Å²) in [4.78, 5) is 29.2. The van der Waals surface area contributed by atoms with Crippen molar-refractivity contribution in [2.45, 2.75) is 26.4 Å². The van der Waals surface area contributed by atoms with E-state index in [0.29, 0.717) is 25.3 Å². The van der Waals surface area contributed by atoms with Crippen molar-refractivity contribution >= 4 is 17.6 Å². The van der Waals surface area contributed by atoms with E-state index in [2.05, 4.69) is 4.99 Å². The molecule has 2 aliphatic rings. The zero-order valence-corrected chi connectivity index (χ0v) is 11.2. The van der Waals surface area contributed by atoms with Crippen molar-refractivity contribution in [1.29, 1.82) is 0 Å². The second-order valence-electron chi connectivity index (χ2n) is 4.80. The van der Waals surface area contributed by atoms with E-state index in [1.165, 1.54) is 4.90 Å². The van der Waals surface area contributed by atoms with Gasteiger partial charge in [0, 0.05) is 13.2 Å². The molecule has 0 saturated heterocycles. The van der Waals surface area contributed by atoms with Crippen molar-refractivity contribution in [2.75, 3.05) is 13.2 Å². The molecule has 102 valence electrons. The molecule has 0 aromatic rings. The Hall–Kier alpha value is -1.75. The van der Waals surface area contributed by atoms with E-state index >= 15 is 0 Å². The third-order valence-electron chi connectivity index (χ3n) is 2.97. The first-order valence-electron chi connectivity index (χ1n) is 6.50. The quantitative estimate of drug-likeness (QED) is 0.711. The summed E-state index contributed by atoms with van der Waals surface area (Å²) in [5, 5.41) is 0. The van der Waals surface area contributed by atoms with Crippen molar-refractivity contribution in [3.63, 3.8) is 0 Å². The number of rotatable bonds is 5. The van der Waals surface area contributed by atoms with Crippen LogP contribution in [0.15, 0.2) is 29.3 Å². The SMILES string of the molecule is CC(C)OCCCN1C(=O)N=C2C=CC=CC2C1=O. The minimum absolute atomic E-state index is 0.156. The number of nitrogens with zero attached hydrogens (tertiary/aromatic N) is 2. The van der Waals surface area contributed by atoms with Crippen molar-refractivity contribution in [1.82, 2.24) is 4.90 Å². The number of carbonyl (C=O) groups is 2. The molecule has 0 aromatic heterocycles. The molecule has 2 rings (SSSR count). The molecule has 0 radical (unpaired) electrons. The van der Waals surface area contributed by atoms with Crippen LogP contribution in [0.3, 0.4) is 0 Å². The summed E-state index contributed by atoms with van der Waals surface area (Å²) in [7, 11) is 0. The first-order valence-corrected chi connectivity index (χ1v) is 6.50. The Kier molecular flexibility index (Phi) is 4.27. The van der Waals surface area contributed by atoms with E-state index in [1.807, 2.05) is 13.8 Å². The van der Waals surface area contributed by atoms with Crippen LogP contribution in [0.25, 0.3) is 0 Å². The second kappa shape index (κ2) is 5.93.